The van der Waals surface area contributed by atoms with Crippen LogP contribution in [-0.2, 0) is 38.6 Å². The monoisotopic (exact) mass is 719 g/mol. The normalized spacial score (nSPS) is 22.2. The molecule has 11 nitrogen and oxygen atoms in total. The second kappa shape index (κ2) is 20.4. The number of carbonyl (C=O) groups excluding carboxylic acids is 2. The van der Waals surface area contributed by atoms with E-state index in [1.165, 1.54) is 62.5 Å². The molecule has 1 saturated carbocycles. The zero-order valence-corrected chi connectivity index (χ0v) is 31.1. The number of nitrogens with zero attached hydrogens (tertiary/aromatic N) is 3. The number of fused-ring (bicyclic) bond motifs is 1. The molecule has 3 heterocycles. The molecule has 2 unspecified atom stereocenters. The van der Waals surface area contributed by atoms with Crippen molar-refractivity contribution < 1.29 is 28.9 Å². The Morgan fingerprint density at radius 3 is 2.12 bits per heavy atom. The van der Waals surface area contributed by atoms with Crippen molar-refractivity contribution in [2.75, 3.05) is 77.7 Å². The van der Waals surface area contributed by atoms with E-state index in [1.54, 1.807) is 4.90 Å². The highest BCUT2D eigenvalue weighted by Gasteiger charge is 2.39. The van der Waals surface area contributed by atoms with Gasteiger partial charge in [-0.2, -0.15) is 0 Å². The van der Waals surface area contributed by atoms with Gasteiger partial charge in [-0.25, -0.2) is 0 Å². The van der Waals surface area contributed by atoms with Crippen molar-refractivity contribution >= 4 is 17.5 Å². The fourth-order valence-electron chi connectivity index (χ4n) is 8.05. The number of aliphatic hydroxyl groups excluding tert-OH is 1. The highest BCUT2D eigenvalue weighted by molar-refractivity contribution is 6.02. The Bertz CT molecular complexity index is 1390. The molecule has 4 aliphatic rings. The third-order valence-electron chi connectivity index (χ3n) is 11.3. The minimum atomic E-state index is -0.837. The van der Waals surface area contributed by atoms with Gasteiger partial charge in [0.1, 0.15) is 12.3 Å². The minimum Gasteiger partial charge on any atom is -0.381 e. The highest BCUT2D eigenvalue weighted by Crippen LogP contribution is 2.33. The Hall–Kier alpha value is -3.06. The average molecular weight is 720 g/mol. The first-order chi connectivity index (χ1) is 25.5. The van der Waals surface area contributed by atoms with Crippen molar-refractivity contribution in [2.24, 2.45) is 5.92 Å². The molecule has 2 saturated heterocycles. The van der Waals surface area contributed by atoms with E-state index in [-0.39, 0.29) is 11.8 Å². The van der Waals surface area contributed by atoms with Gasteiger partial charge in [-0.05, 0) is 48.4 Å². The number of ether oxygens (including phenoxy) is 3. The lowest BCUT2D eigenvalue weighted by molar-refractivity contribution is -0.132. The molecular weight excluding hydrogens is 658 g/mol. The van der Waals surface area contributed by atoms with Crippen molar-refractivity contribution in [2.45, 2.75) is 96.1 Å². The predicted molar refractivity (Wildman–Crippen MR) is 202 cm³/mol. The second-order valence-corrected chi connectivity index (χ2v) is 15.0. The number of piperidine rings is 1. The van der Waals surface area contributed by atoms with Crippen LogP contribution in [0.1, 0.15) is 91.3 Å². The molecule has 0 aromatic heterocycles. The molecular formula is C41H61N5O6. The Morgan fingerprint density at radius 1 is 0.731 bits per heavy atom. The average Bonchev–Trinajstić information content (AvgIpc) is 3.47. The van der Waals surface area contributed by atoms with E-state index in [0.717, 1.165) is 69.7 Å². The smallest absolute Gasteiger partial charge is 0.255 e. The third-order valence-corrected chi connectivity index (χ3v) is 11.3. The van der Waals surface area contributed by atoms with E-state index < -0.39 is 12.3 Å². The van der Waals surface area contributed by atoms with Gasteiger partial charge in [0, 0.05) is 75.8 Å². The summed E-state index contributed by atoms with van der Waals surface area (Å²) in [6.45, 7) is 11.3. The molecule has 6 rings (SSSR count). The van der Waals surface area contributed by atoms with Crippen LogP contribution in [0, 0.1) is 5.92 Å². The summed E-state index contributed by atoms with van der Waals surface area (Å²) in [5.41, 5.74) is 4.94. The number of aliphatic hydroxyl groups is 1. The van der Waals surface area contributed by atoms with Crippen LogP contribution in [0.3, 0.4) is 0 Å². The molecule has 3 N–H and O–H groups in total. The van der Waals surface area contributed by atoms with E-state index >= 15 is 0 Å². The lowest BCUT2D eigenvalue weighted by Gasteiger charge is -2.34. The van der Waals surface area contributed by atoms with Gasteiger partial charge in [0.25, 0.3) is 5.91 Å². The zero-order valence-electron chi connectivity index (χ0n) is 31.1. The maximum atomic E-state index is 13.2. The van der Waals surface area contributed by atoms with E-state index in [4.69, 9.17) is 14.2 Å². The quantitative estimate of drug-likeness (QED) is 0.188. The molecule has 2 aromatic rings. The van der Waals surface area contributed by atoms with E-state index in [1.807, 2.05) is 18.2 Å². The van der Waals surface area contributed by atoms with Gasteiger partial charge in [-0.1, -0.05) is 75.3 Å². The van der Waals surface area contributed by atoms with Crippen molar-refractivity contribution in [3.8, 4) is 0 Å². The lowest BCUT2D eigenvalue weighted by atomic mass is 9.89. The van der Waals surface area contributed by atoms with Crippen molar-refractivity contribution in [1.29, 1.82) is 0 Å². The molecule has 286 valence electrons. The number of carbonyl (C=O) groups is 2. The molecule has 2 atom stereocenters. The molecule has 3 aliphatic heterocycles. The topological polar surface area (TPSA) is 116 Å². The number of nitrogens with one attached hydrogen (secondary N) is 2. The summed E-state index contributed by atoms with van der Waals surface area (Å²) in [7, 11) is 0. The number of anilines is 1. The van der Waals surface area contributed by atoms with Crippen molar-refractivity contribution in [3.63, 3.8) is 0 Å². The Balaban J connectivity index is 0.802. The summed E-state index contributed by atoms with van der Waals surface area (Å²) in [6, 6.07) is 13.9. The first-order valence-corrected chi connectivity index (χ1v) is 19.9. The minimum absolute atomic E-state index is 0.128. The maximum Gasteiger partial charge on any atom is 0.255 e. The van der Waals surface area contributed by atoms with E-state index in [9.17, 15) is 14.7 Å². The molecule has 3 fully saturated rings. The standard InChI is InChI=1S/C41H61N5O6/c47-39-16-15-38(40(48)43-39)46-31-36-35(41(46)49)9-6-10-37(36)42-29-33-11-13-34(14-12-33)30-45-20-18-44(19-21-45)22-24-51-26-28-52-27-25-50-23-17-32-7-4-2-1-3-5-8-32/h6,9-14,32,38-39,42,47H,1-5,7-8,15-31H2,(H,43,48). The Labute approximate surface area is 310 Å². The van der Waals surface area contributed by atoms with Crippen LogP contribution in [0.25, 0.3) is 0 Å². The second-order valence-electron chi connectivity index (χ2n) is 15.0. The van der Waals surface area contributed by atoms with Gasteiger partial charge >= 0.3 is 0 Å². The first-order valence-electron chi connectivity index (χ1n) is 19.9. The largest absolute Gasteiger partial charge is 0.381 e. The van der Waals surface area contributed by atoms with Gasteiger partial charge < -0.3 is 34.9 Å². The van der Waals surface area contributed by atoms with Crippen LogP contribution in [0.15, 0.2) is 42.5 Å². The first kappa shape index (κ1) is 38.7. The summed E-state index contributed by atoms with van der Waals surface area (Å²) in [4.78, 5) is 32.3. The van der Waals surface area contributed by atoms with Gasteiger partial charge in [-0.3, -0.25) is 19.4 Å². The molecule has 11 heteroatoms. The maximum absolute atomic E-state index is 13.2. The Kier molecular flexibility index (Phi) is 15.2. The SMILES string of the molecule is O=C1NC(O)CCC1N1Cc2c(NCc3ccc(CN4CCN(CCOCCOCCOCCC5CCCCCCC5)CC4)cc3)cccc2C1=O. The summed E-state index contributed by atoms with van der Waals surface area (Å²) in [6.07, 6.45) is 11.1. The predicted octanol–water partition coefficient (Wildman–Crippen LogP) is 4.77. The number of piperazine rings is 1. The number of amides is 2. The molecule has 0 spiro atoms. The zero-order chi connectivity index (χ0) is 36.0. The fraction of sp³-hybridized carbons (Fsp3) is 0.659. The summed E-state index contributed by atoms with van der Waals surface area (Å²) in [5.74, 6) is 0.438. The highest BCUT2D eigenvalue weighted by atomic mass is 16.5. The van der Waals surface area contributed by atoms with Crippen LogP contribution in [0.4, 0.5) is 5.69 Å². The third kappa shape index (κ3) is 11.5. The van der Waals surface area contributed by atoms with E-state index in [0.29, 0.717) is 57.9 Å². The lowest BCUT2D eigenvalue weighted by Crippen LogP contribution is -2.54. The number of hydrogen-bond donors (Lipinski definition) is 3. The van der Waals surface area contributed by atoms with Crippen LogP contribution in [0.2, 0.25) is 0 Å². The molecule has 0 bridgehead atoms. The summed E-state index contributed by atoms with van der Waals surface area (Å²) >= 11 is 0. The van der Waals surface area contributed by atoms with Crippen molar-refractivity contribution in [3.05, 3.63) is 64.7 Å². The van der Waals surface area contributed by atoms with Gasteiger partial charge in [0.05, 0.1) is 33.0 Å². The molecule has 1 aliphatic carbocycles. The van der Waals surface area contributed by atoms with Crippen molar-refractivity contribution in [1.82, 2.24) is 20.0 Å². The molecule has 2 aromatic carbocycles. The van der Waals surface area contributed by atoms with Gasteiger partial charge in [-0.15, -0.1) is 0 Å². The van der Waals surface area contributed by atoms with E-state index in [2.05, 4.69) is 44.7 Å². The Morgan fingerprint density at radius 2 is 1.38 bits per heavy atom. The number of hydrogen-bond acceptors (Lipinski definition) is 9. The fourth-order valence-corrected chi connectivity index (χ4v) is 8.05. The van der Waals surface area contributed by atoms with Crippen LogP contribution in [0.5, 0.6) is 0 Å². The molecule has 2 amide bonds. The van der Waals surface area contributed by atoms with Gasteiger partial charge in [0.15, 0.2) is 0 Å². The van der Waals surface area contributed by atoms with Crippen LogP contribution in [-0.4, -0.2) is 116 Å². The molecule has 52 heavy (non-hydrogen) atoms. The van der Waals surface area contributed by atoms with Crippen LogP contribution >= 0.6 is 0 Å². The number of rotatable bonds is 18. The molecule has 0 radical (unpaired) electrons. The summed E-state index contributed by atoms with van der Waals surface area (Å²) in [5, 5.41) is 15.8. The van der Waals surface area contributed by atoms with Gasteiger partial charge in [0.2, 0.25) is 5.91 Å². The number of benzene rings is 2. The van der Waals surface area contributed by atoms with Crippen LogP contribution < -0.4 is 10.6 Å². The summed E-state index contributed by atoms with van der Waals surface area (Å²) < 4.78 is 17.4.